The van der Waals surface area contributed by atoms with E-state index < -0.39 is 17.9 Å². The third kappa shape index (κ3) is 3.28. The van der Waals surface area contributed by atoms with Gasteiger partial charge in [0.15, 0.2) is 34.5 Å². The van der Waals surface area contributed by atoms with Gasteiger partial charge in [-0.1, -0.05) is 6.07 Å². The molecule has 3 aromatic carbocycles. The first-order valence-electron chi connectivity index (χ1n) is 11.9. The number of carbonyl (C=O) groups is 1. The first kappa shape index (κ1) is 23.6. The quantitative estimate of drug-likeness (QED) is 0.378. The van der Waals surface area contributed by atoms with Crippen LogP contribution in [-0.2, 0) is 4.79 Å². The summed E-state index contributed by atoms with van der Waals surface area (Å²) in [5.74, 6) is 0.815. The Morgan fingerprint density at radius 3 is 2.18 bits per heavy atom. The summed E-state index contributed by atoms with van der Waals surface area (Å²) in [6.45, 7) is 0. The molecule has 38 heavy (non-hydrogen) atoms. The minimum Gasteiger partial charge on any atom is -0.504 e. The molecule has 0 amide bonds. The summed E-state index contributed by atoms with van der Waals surface area (Å²) < 4.78 is 27.5. The fourth-order valence-corrected chi connectivity index (χ4v) is 5.57. The number of nitrogens with zero attached hydrogens (tertiary/aromatic N) is 1. The minimum atomic E-state index is -0.733. The number of esters is 1. The molecule has 2 unspecified atom stereocenters. The number of rotatable bonds is 5. The van der Waals surface area contributed by atoms with Crippen molar-refractivity contribution in [3.8, 4) is 40.2 Å². The highest BCUT2D eigenvalue weighted by Gasteiger charge is 2.51. The van der Waals surface area contributed by atoms with Crippen LogP contribution >= 0.6 is 0 Å². The highest BCUT2D eigenvalue weighted by atomic mass is 16.5. The lowest BCUT2D eigenvalue weighted by Crippen LogP contribution is -2.43. The monoisotopic (exact) mass is 515 g/mol. The van der Waals surface area contributed by atoms with Gasteiger partial charge in [0.1, 0.15) is 11.8 Å². The van der Waals surface area contributed by atoms with E-state index in [1.54, 1.807) is 32.4 Å². The molecule has 0 spiro atoms. The van der Waals surface area contributed by atoms with Crippen LogP contribution in [0.25, 0.3) is 17.3 Å². The molecular formula is C29H25NO8. The topological polar surface area (TPSA) is 107 Å². The van der Waals surface area contributed by atoms with Crippen LogP contribution in [-0.4, -0.2) is 55.6 Å². The Hall–Kier alpha value is -4.79. The lowest BCUT2D eigenvalue weighted by Gasteiger charge is -2.34. The van der Waals surface area contributed by atoms with Gasteiger partial charge in [-0.2, -0.15) is 0 Å². The number of hydrogen-bond acceptors (Lipinski definition) is 9. The number of phenols is 2. The smallest absolute Gasteiger partial charge is 0.335 e. The van der Waals surface area contributed by atoms with E-state index in [4.69, 9.17) is 23.7 Å². The molecule has 3 aliphatic rings. The summed E-state index contributed by atoms with van der Waals surface area (Å²) >= 11 is 0. The van der Waals surface area contributed by atoms with Gasteiger partial charge in [0, 0.05) is 29.3 Å². The van der Waals surface area contributed by atoms with Gasteiger partial charge in [0.2, 0.25) is 0 Å². The van der Waals surface area contributed by atoms with Crippen LogP contribution < -0.4 is 23.7 Å². The second-order valence-electron chi connectivity index (χ2n) is 9.07. The standard InChI is InChI=1S/C29H25NO8/c1-34-20-6-5-15(9-18(20)31)25-26-17-12-22(35-2)19(32)13-21(17)38-29(33)28(26)30-8-7-14-10-23(36-3)24(37-4)11-16(14)27(25)30/h5-13,26,28,31-32H,1-4H3. The fourth-order valence-electron chi connectivity index (χ4n) is 5.57. The number of fused-ring (bicyclic) bond motifs is 7. The maximum absolute atomic E-state index is 13.5. The Labute approximate surface area is 218 Å². The molecule has 9 nitrogen and oxygen atoms in total. The van der Waals surface area contributed by atoms with Gasteiger partial charge >= 0.3 is 5.97 Å². The maximum Gasteiger partial charge on any atom is 0.335 e. The van der Waals surface area contributed by atoms with Gasteiger partial charge in [-0.3, -0.25) is 0 Å². The van der Waals surface area contributed by atoms with E-state index in [1.165, 1.54) is 20.3 Å². The average molecular weight is 516 g/mol. The van der Waals surface area contributed by atoms with Crippen molar-refractivity contribution in [1.29, 1.82) is 0 Å². The summed E-state index contributed by atoms with van der Waals surface area (Å²) in [7, 11) is 6.09. The van der Waals surface area contributed by atoms with Crippen LogP contribution in [0.4, 0.5) is 0 Å². The van der Waals surface area contributed by atoms with Crippen LogP contribution in [0.15, 0.2) is 48.7 Å². The molecule has 194 valence electrons. The van der Waals surface area contributed by atoms with Crippen LogP contribution in [0.2, 0.25) is 0 Å². The summed E-state index contributed by atoms with van der Waals surface area (Å²) in [5, 5.41) is 21.1. The van der Waals surface area contributed by atoms with E-state index in [0.29, 0.717) is 28.4 Å². The van der Waals surface area contributed by atoms with E-state index in [2.05, 4.69) is 0 Å². The predicted molar refractivity (Wildman–Crippen MR) is 139 cm³/mol. The summed E-state index contributed by atoms with van der Waals surface area (Å²) in [6, 6.07) is 11.3. The zero-order chi connectivity index (χ0) is 26.7. The first-order valence-corrected chi connectivity index (χ1v) is 11.9. The van der Waals surface area contributed by atoms with Crippen LogP contribution in [0, 0.1) is 0 Å². The second-order valence-corrected chi connectivity index (χ2v) is 9.07. The van der Waals surface area contributed by atoms with Crippen molar-refractivity contribution < 1.29 is 38.7 Å². The minimum absolute atomic E-state index is 0.0334. The second kappa shape index (κ2) is 8.65. The molecule has 3 aliphatic heterocycles. The molecule has 0 aromatic heterocycles. The molecule has 0 aliphatic carbocycles. The number of phenolic OH excluding ortho intramolecular Hbond substituents is 2. The molecule has 3 aromatic rings. The van der Waals surface area contributed by atoms with E-state index in [-0.39, 0.29) is 23.0 Å². The lowest BCUT2D eigenvalue weighted by atomic mass is 9.81. The number of aromatic hydroxyl groups is 2. The van der Waals surface area contributed by atoms with Crippen LogP contribution in [0.3, 0.4) is 0 Å². The first-order chi connectivity index (χ1) is 18.4. The van der Waals surface area contributed by atoms with Gasteiger partial charge < -0.3 is 38.8 Å². The lowest BCUT2D eigenvalue weighted by molar-refractivity contribution is -0.139. The van der Waals surface area contributed by atoms with Crippen molar-refractivity contribution in [2.75, 3.05) is 28.4 Å². The van der Waals surface area contributed by atoms with Crippen molar-refractivity contribution in [3.63, 3.8) is 0 Å². The Bertz CT molecular complexity index is 1560. The van der Waals surface area contributed by atoms with Gasteiger partial charge in [-0.15, -0.1) is 0 Å². The largest absolute Gasteiger partial charge is 0.504 e. The summed E-state index contributed by atoms with van der Waals surface area (Å²) in [6.07, 6.45) is 3.76. The van der Waals surface area contributed by atoms with Crippen LogP contribution in [0.1, 0.15) is 28.2 Å². The van der Waals surface area contributed by atoms with Gasteiger partial charge in [-0.25, -0.2) is 4.79 Å². The van der Waals surface area contributed by atoms with Crippen molar-refractivity contribution in [1.82, 2.24) is 4.90 Å². The number of carbonyl (C=O) groups excluding carboxylic acids is 1. The summed E-state index contributed by atoms with van der Waals surface area (Å²) in [4.78, 5) is 15.4. The Kier molecular flexibility index (Phi) is 5.37. The molecule has 0 fully saturated rings. The molecular weight excluding hydrogens is 490 g/mol. The molecule has 2 N–H and O–H groups in total. The van der Waals surface area contributed by atoms with E-state index in [1.807, 2.05) is 35.4 Å². The molecule has 3 heterocycles. The van der Waals surface area contributed by atoms with Gasteiger partial charge in [0.05, 0.1) is 34.1 Å². The zero-order valence-electron chi connectivity index (χ0n) is 21.1. The normalized spacial score (nSPS) is 18.7. The van der Waals surface area contributed by atoms with E-state index in [0.717, 1.165) is 22.4 Å². The van der Waals surface area contributed by atoms with Gasteiger partial charge in [-0.05, 0) is 53.1 Å². The molecule has 9 heteroatoms. The third-order valence-electron chi connectivity index (χ3n) is 7.25. The Morgan fingerprint density at radius 2 is 1.50 bits per heavy atom. The Morgan fingerprint density at radius 1 is 0.816 bits per heavy atom. The predicted octanol–water partition coefficient (Wildman–Crippen LogP) is 4.37. The van der Waals surface area contributed by atoms with E-state index >= 15 is 0 Å². The molecule has 0 saturated heterocycles. The fraction of sp³-hybridized carbons (Fsp3) is 0.207. The van der Waals surface area contributed by atoms with Crippen molar-refractivity contribution in [3.05, 3.63) is 70.9 Å². The number of hydrogen-bond donors (Lipinski definition) is 2. The van der Waals surface area contributed by atoms with Crippen molar-refractivity contribution >= 4 is 23.3 Å². The SMILES string of the molecule is COc1ccc(C2=C3c4cc(OC)c(OC)cc4C=CN3C3C(=O)Oc4cc(O)c(OC)cc4C23)cc1O. The van der Waals surface area contributed by atoms with Crippen molar-refractivity contribution in [2.24, 2.45) is 0 Å². The number of methoxy groups -OCH3 is 4. The highest BCUT2D eigenvalue weighted by molar-refractivity contribution is 6.05. The maximum atomic E-state index is 13.5. The zero-order valence-corrected chi connectivity index (χ0v) is 21.1. The average Bonchev–Trinajstić information content (AvgIpc) is 3.28. The molecule has 0 bridgehead atoms. The summed E-state index contributed by atoms with van der Waals surface area (Å²) in [5.41, 5.74) is 4.62. The molecule has 0 radical (unpaired) electrons. The molecule has 2 atom stereocenters. The van der Waals surface area contributed by atoms with E-state index in [9.17, 15) is 15.0 Å². The number of benzene rings is 3. The molecule has 6 rings (SSSR count). The Balaban J connectivity index is 1.68. The van der Waals surface area contributed by atoms with Crippen molar-refractivity contribution in [2.45, 2.75) is 12.0 Å². The number of ether oxygens (including phenoxy) is 5. The van der Waals surface area contributed by atoms with Crippen LogP contribution in [0.5, 0.6) is 40.2 Å². The third-order valence-corrected chi connectivity index (χ3v) is 7.25. The highest BCUT2D eigenvalue weighted by Crippen LogP contribution is 2.58. The van der Waals surface area contributed by atoms with Gasteiger partial charge in [0.25, 0.3) is 0 Å². The molecule has 0 saturated carbocycles.